The van der Waals surface area contributed by atoms with Gasteiger partial charge in [-0.15, -0.1) is 0 Å². The van der Waals surface area contributed by atoms with Crippen molar-refractivity contribution < 1.29 is 22.7 Å². The van der Waals surface area contributed by atoms with Gasteiger partial charge in [-0.1, -0.05) is 0 Å². The molecule has 2 aromatic rings. The summed E-state index contributed by atoms with van der Waals surface area (Å²) in [6.07, 6.45) is -2.42. The average Bonchev–Trinajstić information content (AvgIpc) is 2.80. The quantitative estimate of drug-likeness (QED) is 0.818. The lowest BCUT2D eigenvalue weighted by Gasteiger charge is -2.08. The largest absolute Gasteiger partial charge is 0.462 e. The summed E-state index contributed by atoms with van der Waals surface area (Å²) in [6.45, 7) is 3.51. The summed E-state index contributed by atoms with van der Waals surface area (Å²) in [5.74, 6) is -0.343. The number of alkyl halides is 3. The number of ether oxygens (including phenoxy) is 1. The highest BCUT2D eigenvalue weighted by Gasteiger charge is 2.30. The second kappa shape index (κ2) is 5.55. The van der Waals surface area contributed by atoms with Crippen LogP contribution in [0.2, 0.25) is 0 Å². The van der Waals surface area contributed by atoms with Gasteiger partial charge in [0.05, 0.1) is 24.1 Å². The van der Waals surface area contributed by atoms with Crippen LogP contribution in [0.1, 0.15) is 28.5 Å². The number of hydrogen-bond acceptors (Lipinski definition) is 4. The zero-order valence-corrected chi connectivity index (χ0v) is 11.3. The van der Waals surface area contributed by atoms with E-state index in [1.54, 1.807) is 13.8 Å². The van der Waals surface area contributed by atoms with E-state index >= 15 is 0 Å². The van der Waals surface area contributed by atoms with Crippen molar-refractivity contribution in [1.82, 2.24) is 14.8 Å². The Morgan fingerprint density at radius 3 is 2.57 bits per heavy atom. The number of halogens is 3. The first-order valence-electron chi connectivity index (χ1n) is 6.10. The van der Waals surface area contributed by atoms with Gasteiger partial charge in [-0.25, -0.2) is 14.5 Å². The van der Waals surface area contributed by atoms with E-state index in [4.69, 9.17) is 4.74 Å². The molecule has 8 heteroatoms. The lowest BCUT2D eigenvalue weighted by Crippen LogP contribution is -2.09. The minimum Gasteiger partial charge on any atom is -0.462 e. The molecule has 0 bridgehead atoms. The summed E-state index contributed by atoms with van der Waals surface area (Å²) in [5.41, 5.74) is -0.152. The van der Waals surface area contributed by atoms with Crippen molar-refractivity contribution in [2.24, 2.45) is 0 Å². The van der Waals surface area contributed by atoms with E-state index in [2.05, 4.69) is 10.1 Å². The fraction of sp³-hybridized carbons (Fsp3) is 0.308. The highest BCUT2D eigenvalue weighted by molar-refractivity contribution is 5.90. The van der Waals surface area contributed by atoms with Crippen LogP contribution in [-0.4, -0.2) is 27.3 Å². The van der Waals surface area contributed by atoms with Gasteiger partial charge in [0.1, 0.15) is 5.56 Å². The maximum Gasteiger partial charge on any atom is 0.417 e. The normalized spacial score (nSPS) is 11.5. The molecule has 0 saturated heterocycles. The van der Waals surface area contributed by atoms with Gasteiger partial charge in [0, 0.05) is 6.20 Å². The Morgan fingerprint density at radius 2 is 2.05 bits per heavy atom. The Labute approximate surface area is 118 Å². The van der Waals surface area contributed by atoms with Gasteiger partial charge < -0.3 is 4.74 Å². The maximum absolute atomic E-state index is 12.5. The number of pyridine rings is 1. The van der Waals surface area contributed by atoms with Crippen LogP contribution in [0.15, 0.2) is 24.5 Å². The lowest BCUT2D eigenvalue weighted by atomic mass is 10.2. The standard InChI is InChI=1S/C13H12F3N3O2/c1-3-21-12(20)10-7-18-19(8(10)2)11-5-4-9(6-17-11)13(14,15)16/h4-7H,3H2,1-2H3. The van der Waals surface area contributed by atoms with Crippen LogP contribution in [0, 0.1) is 6.92 Å². The van der Waals surface area contributed by atoms with E-state index in [1.165, 1.54) is 16.9 Å². The SMILES string of the molecule is CCOC(=O)c1cnn(-c2ccc(C(F)(F)F)cn2)c1C. The number of esters is 1. The van der Waals surface area contributed by atoms with Crippen LogP contribution >= 0.6 is 0 Å². The Bertz CT molecular complexity index is 648. The molecule has 0 saturated carbocycles. The molecule has 0 fully saturated rings. The number of nitrogens with zero attached hydrogens (tertiary/aromatic N) is 3. The number of aromatic nitrogens is 3. The van der Waals surface area contributed by atoms with Gasteiger partial charge in [-0.05, 0) is 26.0 Å². The van der Waals surface area contributed by atoms with E-state index < -0.39 is 17.7 Å². The summed E-state index contributed by atoms with van der Waals surface area (Å²) >= 11 is 0. The Kier molecular flexibility index (Phi) is 3.97. The first-order valence-corrected chi connectivity index (χ1v) is 6.10. The highest BCUT2D eigenvalue weighted by Crippen LogP contribution is 2.28. The Balaban J connectivity index is 2.33. The topological polar surface area (TPSA) is 57.0 Å². The number of carbonyl (C=O) groups is 1. The smallest absolute Gasteiger partial charge is 0.417 e. The molecule has 21 heavy (non-hydrogen) atoms. The van der Waals surface area contributed by atoms with Crippen LogP contribution in [0.4, 0.5) is 13.2 Å². The average molecular weight is 299 g/mol. The van der Waals surface area contributed by atoms with E-state index in [0.717, 1.165) is 12.3 Å². The predicted molar refractivity (Wildman–Crippen MR) is 67.1 cm³/mol. The minimum absolute atomic E-state index is 0.191. The molecule has 0 aliphatic carbocycles. The molecule has 0 N–H and O–H groups in total. The molecule has 0 spiro atoms. The van der Waals surface area contributed by atoms with Gasteiger partial charge >= 0.3 is 12.1 Å². The zero-order chi connectivity index (χ0) is 15.6. The first-order chi connectivity index (χ1) is 9.84. The molecular weight excluding hydrogens is 287 g/mol. The number of rotatable bonds is 3. The second-order valence-corrected chi connectivity index (χ2v) is 4.18. The molecule has 0 aliphatic heterocycles. The zero-order valence-electron chi connectivity index (χ0n) is 11.3. The molecule has 0 unspecified atom stereocenters. The molecule has 0 amide bonds. The summed E-state index contributed by atoms with van der Waals surface area (Å²) in [6, 6.07) is 2.10. The molecule has 112 valence electrons. The van der Waals surface area contributed by atoms with E-state index in [1.807, 2.05) is 0 Å². The minimum atomic E-state index is -4.44. The third-order valence-corrected chi connectivity index (χ3v) is 2.80. The molecule has 2 heterocycles. The van der Waals surface area contributed by atoms with Crippen molar-refractivity contribution >= 4 is 5.97 Å². The van der Waals surface area contributed by atoms with E-state index in [0.29, 0.717) is 5.69 Å². The Morgan fingerprint density at radius 1 is 1.33 bits per heavy atom. The first kappa shape index (κ1) is 15.0. The van der Waals surface area contributed by atoms with Crippen molar-refractivity contribution in [3.05, 3.63) is 41.3 Å². The van der Waals surface area contributed by atoms with Crippen molar-refractivity contribution in [2.45, 2.75) is 20.0 Å². The Hall–Kier alpha value is -2.38. The highest BCUT2D eigenvalue weighted by atomic mass is 19.4. The molecule has 0 aliphatic rings. The van der Waals surface area contributed by atoms with Crippen LogP contribution in [0.25, 0.3) is 5.82 Å². The lowest BCUT2D eigenvalue weighted by molar-refractivity contribution is -0.137. The van der Waals surface area contributed by atoms with E-state index in [-0.39, 0.29) is 18.0 Å². The third kappa shape index (κ3) is 3.04. The molecule has 2 aromatic heterocycles. The third-order valence-electron chi connectivity index (χ3n) is 2.80. The van der Waals surface area contributed by atoms with Gasteiger partial charge in [0.15, 0.2) is 5.82 Å². The summed E-state index contributed by atoms with van der Waals surface area (Å²) in [7, 11) is 0. The van der Waals surface area contributed by atoms with Gasteiger partial charge in [0.25, 0.3) is 0 Å². The summed E-state index contributed by atoms with van der Waals surface area (Å²) in [4.78, 5) is 15.4. The van der Waals surface area contributed by atoms with E-state index in [9.17, 15) is 18.0 Å². The number of hydrogen-bond donors (Lipinski definition) is 0. The number of carbonyl (C=O) groups excluding carboxylic acids is 1. The molecular formula is C13H12F3N3O2. The van der Waals surface area contributed by atoms with Gasteiger partial charge in [-0.2, -0.15) is 18.3 Å². The van der Waals surface area contributed by atoms with Crippen LogP contribution in [-0.2, 0) is 10.9 Å². The molecule has 0 radical (unpaired) electrons. The summed E-state index contributed by atoms with van der Waals surface area (Å²) < 4.78 is 43.6. The molecule has 0 aromatic carbocycles. The van der Waals surface area contributed by atoms with Gasteiger partial charge in [-0.3, -0.25) is 0 Å². The maximum atomic E-state index is 12.5. The van der Waals surface area contributed by atoms with Crippen molar-refractivity contribution in [1.29, 1.82) is 0 Å². The second-order valence-electron chi connectivity index (χ2n) is 4.18. The van der Waals surface area contributed by atoms with Crippen LogP contribution < -0.4 is 0 Å². The monoisotopic (exact) mass is 299 g/mol. The van der Waals surface area contributed by atoms with Crippen LogP contribution in [0.3, 0.4) is 0 Å². The fourth-order valence-corrected chi connectivity index (χ4v) is 1.73. The van der Waals surface area contributed by atoms with Crippen molar-refractivity contribution in [3.63, 3.8) is 0 Å². The van der Waals surface area contributed by atoms with Crippen molar-refractivity contribution in [3.8, 4) is 5.82 Å². The fourth-order valence-electron chi connectivity index (χ4n) is 1.73. The molecule has 0 atom stereocenters. The van der Waals surface area contributed by atoms with Crippen molar-refractivity contribution in [2.75, 3.05) is 6.61 Å². The predicted octanol–water partition coefficient (Wildman–Crippen LogP) is 2.77. The molecule has 5 nitrogen and oxygen atoms in total. The van der Waals surface area contributed by atoms with Crippen LogP contribution in [0.5, 0.6) is 0 Å². The molecule has 2 rings (SSSR count). The van der Waals surface area contributed by atoms with Gasteiger partial charge in [0.2, 0.25) is 0 Å². The summed E-state index contributed by atoms with van der Waals surface area (Å²) in [5, 5.41) is 3.95.